The maximum absolute atomic E-state index is 13.0. The number of rotatable bonds is 7. The van der Waals surface area contributed by atoms with E-state index in [2.05, 4.69) is 28.2 Å². The van der Waals surface area contributed by atoms with Crippen LogP contribution >= 0.6 is 0 Å². The second kappa shape index (κ2) is 9.11. The zero-order valence-electron chi connectivity index (χ0n) is 17.6. The van der Waals surface area contributed by atoms with Crippen molar-refractivity contribution in [3.8, 4) is 16.9 Å². The summed E-state index contributed by atoms with van der Waals surface area (Å²) < 4.78 is 5.28. The summed E-state index contributed by atoms with van der Waals surface area (Å²) in [6.07, 6.45) is 9.68. The lowest BCUT2D eigenvalue weighted by atomic mass is 10.0. The highest BCUT2D eigenvalue weighted by atomic mass is 16.5. The van der Waals surface area contributed by atoms with E-state index < -0.39 is 0 Å². The summed E-state index contributed by atoms with van der Waals surface area (Å²) >= 11 is 0. The SMILES string of the molecule is COc1ccc(CCCC(=O)N2CCC[C@H]2c2[nH]ncc2-c2ccncc2)c(C)c1. The molecule has 0 aliphatic carbocycles. The number of aryl methyl sites for hydroxylation is 2. The first-order valence-corrected chi connectivity index (χ1v) is 10.5. The first-order valence-electron chi connectivity index (χ1n) is 10.5. The summed E-state index contributed by atoms with van der Waals surface area (Å²) in [4.78, 5) is 19.2. The van der Waals surface area contributed by atoms with Gasteiger partial charge in [0.25, 0.3) is 0 Å². The summed E-state index contributed by atoms with van der Waals surface area (Å²) in [6, 6.07) is 10.2. The van der Waals surface area contributed by atoms with Gasteiger partial charge in [-0.25, -0.2) is 0 Å². The zero-order chi connectivity index (χ0) is 20.9. The normalized spacial score (nSPS) is 16.1. The van der Waals surface area contributed by atoms with E-state index in [0.717, 1.165) is 54.8 Å². The average Bonchev–Trinajstić information content (AvgIpc) is 3.44. The van der Waals surface area contributed by atoms with Gasteiger partial charge in [-0.05, 0) is 73.6 Å². The molecule has 3 heterocycles. The smallest absolute Gasteiger partial charge is 0.223 e. The Morgan fingerprint density at radius 3 is 2.87 bits per heavy atom. The van der Waals surface area contributed by atoms with E-state index in [9.17, 15) is 4.79 Å². The van der Waals surface area contributed by atoms with E-state index in [1.165, 1.54) is 11.1 Å². The van der Waals surface area contributed by atoms with Gasteiger partial charge in [0, 0.05) is 30.9 Å². The van der Waals surface area contributed by atoms with Crippen molar-refractivity contribution in [1.29, 1.82) is 0 Å². The molecule has 156 valence electrons. The molecule has 1 aliphatic rings. The average molecular weight is 405 g/mol. The van der Waals surface area contributed by atoms with Crippen LogP contribution in [0.3, 0.4) is 0 Å². The maximum atomic E-state index is 13.0. The molecule has 6 heteroatoms. The molecule has 2 aromatic heterocycles. The number of carbonyl (C=O) groups excluding carboxylic acids is 1. The number of aromatic nitrogens is 3. The van der Waals surface area contributed by atoms with E-state index in [4.69, 9.17) is 4.74 Å². The topological polar surface area (TPSA) is 71.1 Å². The number of carbonyl (C=O) groups is 1. The van der Waals surface area contributed by atoms with Gasteiger partial charge in [0.2, 0.25) is 5.91 Å². The van der Waals surface area contributed by atoms with Crippen molar-refractivity contribution in [2.75, 3.05) is 13.7 Å². The van der Waals surface area contributed by atoms with Crippen LogP contribution in [0.25, 0.3) is 11.1 Å². The highest BCUT2D eigenvalue weighted by Gasteiger charge is 2.32. The first-order chi connectivity index (χ1) is 14.7. The van der Waals surface area contributed by atoms with E-state index in [0.29, 0.717) is 6.42 Å². The monoisotopic (exact) mass is 404 g/mol. The van der Waals surface area contributed by atoms with E-state index >= 15 is 0 Å². The van der Waals surface area contributed by atoms with Crippen molar-refractivity contribution in [3.63, 3.8) is 0 Å². The van der Waals surface area contributed by atoms with Crippen molar-refractivity contribution in [1.82, 2.24) is 20.1 Å². The van der Waals surface area contributed by atoms with Crippen molar-refractivity contribution < 1.29 is 9.53 Å². The van der Waals surface area contributed by atoms with Crippen LogP contribution in [-0.2, 0) is 11.2 Å². The molecule has 1 aromatic carbocycles. The van der Waals surface area contributed by atoms with Crippen molar-refractivity contribution in [2.45, 2.75) is 45.1 Å². The van der Waals surface area contributed by atoms with Crippen molar-refractivity contribution >= 4 is 5.91 Å². The number of benzene rings is 1. The van der Waals surface area contributed by atoms with Gasteiger partial charge in [0.05, 0.1) is 25.0 Å². The molecular weight excluding hydrogens is 376 g/mol. The van der Waals surface area contributed by atoms with Crippen LogP contribution in [0.2, 0.25) is 0 Å². The number of nitrogens with zero attached hydrogens (tertiary/aromatic N) is 3. The minimum Gasteiger partial charge on any atom is -0.497 e. The Kier molecular flexibility index (Phi) is 6.12. The van der Waals surface area contributed by atoms with Gasteiger partial charge in [-0.2, -0.15) is 5.10 Å². The second-order valence-corrected chi connectivity index (χ2v) is 7.82. The lowest BCUT2D eigenvalue weighted by Crippen LogP contribution is -2.30. The molecule has 4 rings (SSSR count). The predicted molar refractivity (Wildman–Crippen MR) is 116 cm³/mol. The number of hydrogen-bond acceptors (Lipinski definition) is 4. The third-order valence-electron chi connectivity index (χ3n) is 5.95. The largest absolute Gasteiger partial charge is 0.497 e. The molecule has 0 saturated carbocycles. The van der Waals surface area contributed by atoms with Crippen LogP contribution in [0.5, 0.6) is 5.75 Å². The lowest BCUT2D eigenvalue weighted by Gasteiger charge is -2.25. The molecule has 6 nitrogen and oxygen atoms in total. The molecule has 30 heavy (non-hydrogen) atoms. The fourth-order valence-corrected chi connectivity index (χ4v) is 4.33. The lowest BCUT2D eigenvalue weighted by molar-refractivity contribution is -0.132. The summed E-state index contributed by atoms with van der Waals surface area (Å²) in [5, 5.41) is 7.42. The molecule has 0 unspecified atom stereocenters. The first kappa shape index (κ1) is 20.1. The highest BCUT2D eigenvalue weighted by Crippen LogP contribution is 2.36. The molecule has 1 amide bonds. The maximum Gasteiger partial charge on any atom is 0.223 e. The van der Waals surface area contributed by atoms with Gasteiger partial charge in [-0.15, -0.1) is 0 Å². The van der Waals surface area contributed by atoms with Crippen molar-refractivity contribution in [2.24, 2.45) is 0 Å². The number of methoxy groups -OCH3 is 1. The number of H-pyrrole nitrogens is 1. The molecule has 1 atom stereocenters. The highest BCUT2D eigenvalue weighted by molar-refractivity contribution is 5.77. The number of nitrogens with one attached hydrogen (secondary N) is 1. The van der Waals surface area contributed by atoms with Gasteiger partial charge >= 0.3 is 0 Å². The summed E-state index contributed by atoms with van der Waals surface area (Å²) in [7, 11) is 1.68. The Morgan fingerprint density at radius 1 is 1.27 bits per heavy atom. The molecule has 0 radical (unpaired) electrons. The third-order valence-corrected chi connectivity index (χ3v) is 5.95. The molecule has 1 N–H and O–H groups in total. The Morgan fingerprint density at radius 2 is 2.10 bits per heavy atom. The van der Waals surface area contributed by atoms with Crippen molar-refractivity contribution in [3.05, 3.63) is 65.7 Å². The van der Waals surface area contributed by atoms with Gasteiger partial charge in [-0.1, -0.05) is 6.07 Å². The van der Waals surface area contributed by atoms with E-state index in [-0.39, 0.29) is 11.9 Å². The number of pyridine rings is 1. The van der Waals surface area contributed by atoms with Crippen LogP contribution < -0.4 is 4.74 Å². The molecule has 1 aliphatic heterocycles. The number of aromatic amines is 1. The fourth-order valence-electron chi connectivity index (χ4n) is 4.33. The van der Waals surface area contributed by atoms with Crippen LogP contribution in [0.1, 0.15) is 48.5 Å². The minimum atomic E-state index is 0.0610. The molecule has 1 fully saturated rings. The summed E-state index contributed by atoms with van der Waals surface area (Å²) in [5.41, 5.74) is 5.63. The Hall–Kier alpha value is -3.15. The van der Waals surface area contributed by atoms with Crippen LogP contribution in [-0.4, -0.2) is 39.6 Å². The summed E-state index contributed by atoms with van der Waals surface area (Å²) in [6.45, 7) is 2.90. The molecule has 3 aromatic rings. The van der Waals surface area contributed by atoms with Gasteiger partial charge < -0.3 is 9.64 Å². The van der Waals surface area contributed by atoms with Gasteiger partial charge in [0.1, 0.15) is 5.75 Å². The van der Waals surface area contributed by atoms with Crippen LogP contribution in [0.4, 0.5) is 0 Å². The number of likely N-dealkylation sites (tertiary alicyclic amines) is 1. The molecule has 0 bridgehead atoms. The second-order valence-electron chi connectivity index (χ2n) is 7.82. The standard InChI is InChI=1S/C24H28N4O2/c1-17-15-20(30-2)9-8-18(17)5-3-7-23(29)28-14-4-6-22(28)24-21(16-26-27-24)19-10-12-25-13-11-19/h8-13,15-16,22H,3-7,14H2,1-2H3,(H,26,27)/t22-/m0/s1. The number of ether oxygens (including phenoxy) is 1. The fraction of sp³-hybridized carbons (Fsp3) is 0.375. The predicted octanol–water partition coefficient (Wildman–Crippen LogP) is 4.48. The van der Waals surface area contributed by atoms with Crippen LogP contribution in [0, 0.1) is 6.92 Å². The van der Waals surface area contributed by atoms with Crippen LogP contribution in [0.15, 0.2) is 48.9 Å². The number of amides is 1. The summed E-state index contributed by atoms with van der Waals surface area (Å²) in [5.74, 6) is 1.09. The Labute approximate surface area is 177 Å². The minimum absolute atomic E-state index is 0.0610. The quantitative estimate of drug-likeness (QED) is 0.630. The van der Waals surface area contributed by atoms with E-state index in [1.807, 2.05) is 35.4 Å². The number of hydrogen-bond donors (Lipinski definition) is 1. The molecular formula is C24H28N4O2. The van der Waals surface area contributed by atoms with Gasteiger partial charge in [0.15, 0.2) is 0 Å². The third kappa shape index (κ3) is 4.22. The van der Waals surface area contributed by atoms with E-state index in [1.54, 1.807) is 19.5 Å². The zero-order valence-corrected chi connectivity index (χ0v) is 17.6. The Bertz CT molecular complexity index is 999. The van der Waals surface area contributed by atoms with Gasteiger partial charge in [-0.3, -0.25) is 14.9 Å². The Balaban J connectivity index is 1.41. The molecule has 1 saturated heterocycles. The molecule has 0 spiro atoms.